The van der Waals surface area contributed by atoms with E-state index < -0.39 is 5.60 Å². The standard InChI is InChI=1S/C20H15NO2/c21-16-12-10-15(11-13-16)20(14-6-2-1-3-7-14)18-9-5-4-8-17(18)19(22)23-20/h1-13H,21H2. The highest BCUT2D eigenvalue weighted by atomic mass is 16.6. The van der Waals surface area contributed by atoms with Crippen molar-refractivity contribution in [2.24, 2.45) is 0 Å². The van der Waals surface area contributed by atoms with Crippen molar-refractivity contribution in [3.63, 3.8) is 0 Å². The molecule has 1 heterocycles. The Hall–Kier alpha value is -3.07. The van der Waals surface area contributed by atoms with Gasteiger partial charge in [0.15, 0.2) is 5.60 Å². The average Bonchev–Trinajstić information content (AvgIpc) is 2.91. The minimum Gasteiger partial charge on any atom is -0.441 e. The fourth-order valence-electron chi connectivity index (χ4n) is 3.20. The van der Waals surface area contributed by atoms with Crippen molar-refractivity contribution in [3.05, 3.63) is 101 Å². The van der Waals surface area contributed by atoms with Crippen molar-refractivity contribution < 1.29 is 9.53 Å². The Morgan fingerprint density at radius 1 is 0.739 bits per heavy atom. The number of fused-ring (bicyclic) bond motifs is 1. The second-order valence-electron chi connectivity index (χ2n) is 5.60. The second kappa shape index (κ2) is 4.99. The molecular weight excluding hydrogens is 286 g/mol. The van der Waals surface area contributed by atoms with Gasteiger partial charge in [-0.25, -0.2) is 4.79 Å². The number of anilines is 1. The van der Waals surface area contributed by atoms with Gasteiger partial charge in [0.05, 0.1) is 5.56 Å². The van der Waals surface area contributed by atoms with Crippen LogP contribution in [0.5, 0.6) is 0 Å². The third kappa shape index (κ3) is 1.94. The lowest BCUT2D eigenvalue weighted by Gasteiger charge is -2.30. The first-order valence-corrected chi connectivity index (χ1v) is 7.46. The first-order valence-electron chi connectivity index (χ1n) is 7.46. The zero-order chi connectivity index (χ0) is 15.9. The minimum atomic E-state index is -0.928. The highest BCUT2D eigenvalue weighted by Crippen LogP contribution is 2.46. The number of hydrogen-bond acceptors (Lipinski definition) is 3. The summed E-state index contributed by atoms with van der Waals surface area (Å²) in [6.45, 7) is 0. The molecule has 3 aromatic rings. The molecular formula is C20H15NO2. The van der Waals surface area contributed by atoms with Crippen LogP contribution in [0.3, 0.4) is 0 Å². The summed E-state index contributed by atoms with van der Waals surface area (Å²) in [5, 5.41) is 0. The molecule has 0 aromatic heterocycles. The van der Waals surface area contributed by atoms with Crippen LogP contribution in [-0.4, -0.2) is 5.97 Å². The van der Waals surface area contributed by atoms with Crippen LogP contribution in [0.25, 0.3) is 0 Å². The molecule has 0 saturated carbocycles. The lowest BCUT2D eigenvalue weighted by Crippen LogP contribution is -2.29. The molecule has 0 bridgehead atoms. The number of esters is 1. The van der Waals surface area contributed by atoms with Gasteiger partial charge in [0, 0.05) is 22.4 Å². The molecule has 3 heteroatoms. The van der Waals surface area contributed by atoms with Crippen LogP contribution in [0.4, 0.5) is 5.69 Å². The van der Waals surface area contributed by atoms with E-state index in [0.29, 0.717) is 11.3 Å². The van der Waals surface area contributed by atoms with Gasteiger partial charge in [0.2, 0.25) is 0 Å². The number of nitrogens with two attached hydrogens (primary N) is 1. The maximum absolute atomic E-state index is 12.4. The number of cyclic esters (lactones) is 1. The van der Waals surface area contributed by atoms with Gasteiger partial charge < -0.3 is 10.5 Å². The lowest BCUT2D eigenvalue weighted by molar-refractivity contribution is 0.0251. The Labute approximate surface area is 134 Å². The number of ether oxygens (including phenoxy) is 1. The molecule has 1 atom stereocenters. The van der Waals surface area contributed by atoms with Crippen LogP contribution in [0.1, 0.15) is 27.0 Å². The molecule has 0 amide bonds. The van der Waals surface area contributed by atoms with Crippen LogP contribution in [0.2, 0.25) is 0 Å². The van der Waals surface area contributed by atoms with E-state index in [1.807, 2.05) is 72.8 Å². The summed E-state index contributed by atoms with van der Waals surface area (Å²) in [5.41, 5.74) is 8.84. The first-order chi connectivity index (χ1) is 11.2. The van der Waals surface area contributed by atoms with Crippen LogP contribution >= 0.6 is 0 Å². The van der Waals surface area contributed by atoms with Gasteiger partial charge >= 0.3 is 5.97 Å². The Kier molecular flexibility index (Phi) is 2.95. The van der Waals surface area contributed by atoms with E-state index in [4.69, 9.17) is 10.5 Å². The van der Waals surface area contributed by atoms with Crippen molar-refractivity contribution in [3.8, 4) is 0 Å². The number of benzene rings is 3. The predicted molar refractivity (Wildman–Crippen MR) is 89.0 cm³/mol. The molecule has 1 unspecified atom stereocenters. The van der Waals surface area contributed by atoms with Crippen molar-refractivity contribution in [1.82, 2.24) is 0 Å². The largest absolute Gasteiger partial charge is 0.441 e. The van der Waals surface area contributed by atoms with Crippen LogP contribution < -0.4 is 5.73 Å². The van der Waals surface area contributed by atoms with E-state index in [-0.39, 0.29) is 5.97 Å². The van der Waals surface area contributed by atoms with Crippen molar-refractivity contribution >= 4 is 11.7 Å². The highest BCUT2D eigenvalue weighted by molar-refractivity contribution is 5.96. The number of carbonyl (C=O) groups excluding carboxylic acids is 1. The van der Waals surface area contributed by atoms with E-state index in [9.17, 15) is 4.79 Å². The SMILES string of the molecule is Nc1ccc(C2(c3ccccc3)OC(=O)c3ccccc32)cc1. The van der Waals surface area contributed by atoms with Gasteiger partial charge in [-0.05, 0) is 18.2 Å². The Balaban J connectivity index is 2.04. The summed E-state index contributed by atoms with van der Waals surface area (Å²) >= 11 is 0. The van der Waals surface area contributed by atoms with E-state index in [0.717, 1.165) is 16.7 Å². The van der Waals surface area contributed by atoms with Gasteiger partial charge in [-0.15, -0.1) is 0 Å². The molecule has 0 radical (unpaired) electrons. The Morgan fingerprint density at radius 3 is 2.09 bits per heavy atom. The number of nitrogen functional groups attached to an aromatic ring is 1. The van der Waals surface area contributed by atoms with Gasteiger partial charge in [-0.2, -0.15) is 0 Å². The Bertz CT molecular complexity index is 872. The summed E-state index contributed by atoms with van der Waals surface area (Å²) < 4.78 is 5.95. The third-order valence-corrected chi connectivity index (χ3v) is 4.27. The van der Waals surface area contributed by atoms with Gasteiger partial charge in [-0.3, -0.25) is 0 Å². The van der Waals surface area contributed by atoms with E-state index in [1.54, 1.807) is 6.07 Å². The van der Waals surface area contributed by atoms with Crippen LogP contribution in [0, 0.1) is 0 Å². The molecule has 0 aliphatic carbocycles. The minimum absolute atomic E-state index is 0.304. The van der Waals surface area contributed by atoms with Gasteiger partial charge in [0.25, 0.3) is 0 Å². The molecule has 0 spiro atoms. The molecule has 1 aliphatic heterocycles. The molecule has 3 aromatic carbocycles. The number of carbonyl (C=O) groups is 1. The molecule has 0 saturated heterocycles. The monoisotopic (exact) mass is 301 g/mol. The highest BCUT2D eigenvalue weighted by Gasteiger charge is 2.48. The van der Waals surface area contributed by atoms with Crippen molar-refractivity contribution in [2.75, 3.05) is 5.73 Å². The maximum Gasteiger partial charge on any atom is 0.340 e. The van der Waals surface area contributed by atoms with Gasteiger partial charge in [0.1, 0.15) is 0 Å². The van der Waals surface area contributed by atoms with E-state index >= 15 is 0 Å². The molecule has 1 aliphatic rings. The van der Waals surface area contributed by atoms with Gasteiger partial charge in [-0.1, -0.05) is 60.7 Å². The average molecular weight is 301 g/mol. The molecule has 23 heavy (non-hydrogen) atoms. The fraction of sp³-hybridized carbons (Fsp3) is 0.0500. The summed E-state index contributed by atoms with van der Waals surface area (Å²) in [6, 6.07) is 24.8. The fourth-order valence-corrected chi connectivity index (χ4v) is 3.20. The van der Waals surface area contributed by atoms with E-state index in [2.05, 4.69) is 0 Å². The first kappa shape index (κ1) is 13.6. The maximum atomic E-state index is 12.4. The quantitative estimate of drug-likeness (QED) is 0.579. The van der Waals surface area contributed by atoms with Crippen molar-refractivity contribution in [1.29, 1.82) is 0 Å². The molecule has 2 N–H and O–H groups in total. The number of hydrogen-bond donors (Lipinski definition) is 1. The summed E-state index contributed by atoms with van der Waals surface area (Å²) in [6.07, 6.45) is 0. The molecule has 3 nitrogen and oxygen atoms in total. The predicted octanol–water partition coefficient (Wildman–Crippen LogP) is 3.73. The number of rotatable bonds is 2. The third-order valence-electron chi connectivity index (χ3n) is 4.27. The molecule has 0 fully saturated rings. The summed E-state index contributed by atoms with van der Waals surface area (Å²) in [7, 11) is 0. The van der Waals surface area contributed by atoms with Crippen molar-refractivity contribution in [2.45, 2.75) is 5.60 Å². The zero-order valence-electron chi connectivity index (χ0n) is 12.4. The van der Waals surface area contributed by atoms with Crippen LogP contribution in [-0.2, 0) is 10.3 Å². The molecule has 112 valence electrons. The summed E-state index contributed by atoms with van der Waals surface area (Å²) in [4.78, 5) is 12.4. The lowest BCUT2D eigenvalue weighted by atomic mass is 9.80. The van der Waals surface area contributed by atoms with Crippen LogP contribution in [0.15, 0.2) is 78.9 Å². The second-order valence-corrected chi connectivity index (χ2v) is 5.60. The summed E-state index contributed by atoms with van der Waals surface area (Å²) in [5.74, 6) is -0.304. The smallest absolute Gasteiger partial charge is 0.340 e. The molecule has 4 rings (SSSR count). The topological polar surface area (TPSA) is 52.3 Å². The Morgan fingerprint density at radius 2 is 1.35 bits per heavy atom. The normalized spacial score (nSPS) is 19.2. The van der Waals surface area contributed by atoms with E-state index in [1.165, 1.54) is 0 Å². The zero-order valence-corrected chi connectivity index (χ0v) is 12.4.